The summed E-state index contributed by atoms with van der Waals surface area (Å²) in [4.78, 5) is 39.5. The van der Waals surface area contributed by atoms with Crippen molar-refractivity contribution in [3.8, 4) is 5.75 Å². The summed E-state index contributed by atoms with van der Waals surface area (Å²) in [5.41, 5.74) is 2.08. The minimum Gasteiger partial charge on any atom is -0.487 e. The Morgan fingerprint density at radius 2 is 1.74 bits per heavy atom. The second kappa shape index (κ2) is 11.3. The van der Waals surface area contributed by atoms with E-state index in [1.54, 1.807) is 42.5 Å². The Balaban J connectivity index is 1.46. The molecule has 8 nitrogen and oxygen atoms in total. The number of amides is 2. The van der Waals surface area contributed by atoms with Gasteiger partial charge in [-0.05, 0) is 111 Å². The number of ether oxygens (including phenoxy) is 1. The number of nitro groups is 1. The van der Waals surface area contributed by atoms with Crippen molar-refractivity contribution in [3.63, 3.8) is 0 Å². The predicted molar refractivity (Wildman–Crippen MR) is 151 cm³/mol. The molecule has 0 bridgehead atoms. The first-order valence-corrected chi connectivity index (χ1v) is 13.0. The highest BCUT2D eigenvalue weighted by Crippen LogP contribution is 2.33. The normalized spacial score (nSPS) is 15.3. The average Bonchev–Trinajstić information content (AvgIpc) is 3.17. The Morgan fingerprint density at radius 1 is 1.09 bits per heavy atom. The summed E-state index contributed by atoms with van der Waals surface area (Å²) < 4.78 is 7.65. The molecule has 35 heavy (non-hydrogen) atoms. The lowest BCUT2D eigenvalue weighted by atomic mass is 10.2. The molecule has 3 aromatic carbocycles. The van der Waals surface area contributed by atoms with Crippen LogP contribution < -0.4 is 10.1 Å². The van der Waals surface area contributed by atoms with Crippen molar-refractivity contribution in [1.29, 1.82) is 0 Å². The molecule has 0 atom stereocenters. The van der Waals surface area contributed by atoms with Gasteiger partial charge in [-0.3, -0.25) is 19.7 Å². The topological polar surface area (TPSA) is 111 Å². The number of hydrogen-bond donors (Lipinski definition) is 1. The minimum absolute atomic E-state index is 0.0294. The van der Waals surface area contributed by atoms with Gasteiger partial charge in [-0.2, -0.15) is 4.99 Å². The number of benzene rings is 3. The van der Waals surface area contributed by atoms with Crippen LogP contribution in [0.3, 0.4) is 0 Å². The van der Waals surface area contributed by atoms with E-state index in [0.29, 0.717) is 16.2 Å². The third-order valence-corrected chi connectivity index (χ3v) is 7.24. The number of halogens is 2. The molecule has 0 aromatic heterocycles. The van der Waals surface area contributed by atoms with E-state index in [2.05, 4.69) is 55.5 Å². The molecule has 1 aliphatic heterocycles. The molecule has 1 fully saturated rings. The van der Waals surface area contributed by atoms with E-state index < -0.39 is 10.8 Å². The Kier molecular flexibility index (Phi) is 8.18. The van der Waals surface area contributed by atoms with Gasteiger partial charge in [-0.25, -0.2) is 0 Å². The number of nitrogens with one attached hydrogen (secondary N) is 1. The molecule has 11 heteroatoms. The molecule has 176 valence electrons. The Labute approximate surface area is 231 Å². The Morgan fingerprint density at radius 3 is 2.37 bits per heavy atom. The first-order chi connectivity index (χ1) is 16.8. The molecule has 3 aromatic rings. The SMILES string of the molecule is O=C1NC(=NC(=O)c2ccccc2)S/C1=C\c1cc(I)c(OCc2ccc([N+](=O)[O-])cc2)c(I)c1. The zero-order chi connectivity index (χ0) is 24.9. The highest BCUT2D eigenvalue weighted by molar-refractivity contribution is 14.1. The van der Waals surface area contributed by atoms with Gasteiger partial charge >= 0.3 is 0 Å². The highest BCUT2D eigenvalue weighted by Gasteiger charge is 2.25. The molecule has 0 spiro atoms. The van der Waals surface area contributed by atoms with Crippen LogP contribution in [0.15, 0.2) is 76.6 Å². The van der Waals surface area contributed by atoms with Gasteiger partial charge in [0.15, 0.2) is 5.17 Å². The molecule has 0 saturated carbocycles. The van der Waals surface area contributed by atoms with Crippen molar-refractivity contribution in [2.24, 2.45) is 4.99 Å². The van der Waals surface area contributed by atoms with Crippen molar-refractivity contribution >= 4 is 85.7 Å². The number of carbonyl (C=O) groups excluding carboxylic acids is 2. The molecule has 0 unspecified atom stereocenters. The monoisotopic (exact) mass is 711 g/mol. The van der Waals surface area contributed by atoms with Crippen molar-refractivity contribution in [2.75, 3.05) is 0 Å². The van der Waals surface area contributed by atoms with Crippen LogP contribution in [0, 0.1) is 17.3 Å². The van der Waals surface area contributed by atoms with E-state index in [4.69, 9.17) is 4.74 Å². The van der Waals surface area contributed by atoms with Gasteiger partial charge in [-0.15, -0.1) is 0 Å². The smallest absolute Gasteiger partial charge is 0.279 e. The number of nitro benzene ring substituents is 1. The van der Waals surface area contributed by atoms with Gasteiger partial charge in [-0.1, -0.05) is 18.2 Å². The summed E-state index contributed by atoms with van der Waals surface area (Å²) >= 11 is 5.43. The fourth-order valence-electron chi connectivity index (χ4n) is 3.04. The van der Waals surface area contributed by atoms with Crippen molar-refractivity contribution in [3.05, 3.63) is 106 Å². The lowest BCUT2D eigenvalue weighted by Gasteiger charge is -2.11. The number of non-ortho nitro benzene ring substituents is 1. The number of hydrogen-bond acceptors (Lipinski definition) is 6. The number of rotatable bonds is 6. The second-order valence-electron chi connectivity index (χ2n) is 7.18. The minimum atomic E-state index is -0.442. The van der Waals surface area contributed by atoms with E-state index in [0.717, 1.165) is 30.0 Å². The van der Waals surface area contributed by atoms with E-state index >= 15 is 0 Å². The van der Waals surface area contributed by atoms with Crippen molar-refractivity contribution in [1.82, 2.24) is 5.32 Å². The van der Waals surface area contributed by atoms with Gasteiger partial charge in [0.25, 0.3) is 17.5 Å². The molecular formula is C24H15I2N3O5S. The Hall–Kier alpha value is -2.78. The second-order valence-corrected chi connectivity index (χ2v) is 10.5. The van der Waals surface area contributed by atoms with E-state index in [1.807, 2.05) is 18.2 Å². The Bertz CT molecular complexity index is 1350. The molecule has 1 heterocycles. The maximum absolute atomic E-state index is 12.4. The van der Waals surface area contributed by atoms with Crippen LogP contribution in [0.25, 0.3) is 6.08 Å². The van der Waals surface area contributed by atoms with E-state index in [1.165, 1.54) is 12.1 Å². The predicted octanol–water partition coefficient (Wildman–Crippen LogP) is 5.78. The van der Waals surface area contributed by atoms with Crippen LogP contribution in [0.2, 0.25) is 0 Å². The van der Waals surface area contributed by atoms with E-state index in [-0.39, 0.29) is 23.4 Å². The lowest BCUT2D eigenvalue weighted by molar-refractivity contribution is -0.384. The standard InChI is InChI=1S/C24H15I2N3O5S/c25-18-10-15(11-19(26)21(18)34-13-14-6-8-17(9-7-14)29(32)33)12-20-23(31)28-24(35-20)27-22(30)16-4-2-1-3-5-16/h1-12H,13H2,(H,27,28,30,31)/b20-12-. The zero-order valence-electron chi connectivity index (χ0n) is 17.7. The summed E-state index contributed by atoms with van der Waals surface area (Å²) in [5, 5.41) is 13.7. The molecular weight excluding hydrogens is 696 g/mol. The molecule has 2 amide bonds. The van der Waals surface area contributed by atoms with Gasteiger partial charge in [0, 0.05) is 17.7 Å². The highest BCUT2D eigenvalue weighted by atomic mass is 127. The fraction of sp³-hybridized carbons (Fsp3) is 0.0417. The maximum atomic E-state index is 12.4. The number of thioether (sulfide) groups is 1. The molecule has 1 saturated heterocycles. The molecule has 0 aliphatic carbocycles. The first-order valence-electron chi connectivity index (χ1n) is 10.0. The van der Waals surface area contributed by atoms with Gasteiger partial charge in [0.2, 0.25) is 0 Å². The average molecular weight is 711 g/mol. The number of nitrogens with zero attached hydrogens (tertiary/aromatic N) is 2. The number of carbonyl (C=O) groups is 2. The fourth-order valence-corrected chi connectivity index (χ4v) is 5.99. The summed E-state index contributed by atoms with van der Waals surface area (Å²) in [6.07, 6.45) is 1.74. The van der Waals surface area contributed by atoms with Crippen LogP contribution >= 0.6 is 56.9 Å². The molecule has 1 aliphatic rings. The number of amidine groups is 1. The van der Waals surface area contributed by atoms with Crippen molar-refractivity contribution < 1.29 is 19.2 Å². The van der Waals surface area contributed by atoms with Crippen LogP contribution in [-0.4, -0.2) is 21.9 Å². The first kappa shape index (κ1) is 25.3. The van der Waals surface area contributed by atoms with Crippen molar-refractivity contribution in [2.45, 2.75) is 6.61 Å². The third-order valence-electron chi connectivity index (χ3n) is 4.72. The maximum Gasteiger partial charge on any atom is 0.279 e. The van der Waals surface area contributed by atoms with Gasteiger partial charge in [0.1, 0.15) is 12.4 Å². The zero-order valence-corrected chi connectivity index (χ0v) is 22.9. The summed E-state index contributed by atoms with van der Waals surface area (Å²) in [6, 6.07) is 18.6. The quantitative estimate of drug-likeness (QED) is 0.150. The summed E-state index contributed by atoms with van der Waals surface area (Å²) in [6.45, 7) is 0.262. The third kappa shape index (κ3) is 6.46. The number of aliphatic imine (C=N–C) groups is 1. The molecule has 0 radical (unpaired) electrons. The summed E-state index contributed by atoms with van der Waals surface area (Å²) in [7, 11) is 0. The molecule has 4 rings (SSSR count). The van der Waals surface area contributed by atoms with Crippen LogP contribution in [0.4, 0.5) is 5.69 Å². The van der Waals surface area contributed by atoms with E-state index in [9.17, 15) is 19.7 Å². The van der Waals surface area contributed by atoms with Gasteiger partial charge < -0.3 is 10.1 Å². The molecule has 1 N–H and O–H groups in total. The van der Waals surface area contributed by atoms with Crippen LogP contribution in [0.5, 0.6) is 5.75 Å². The summed E-state index contributed by atoms with van der Waals surface area (Å²) in [5.74, 6) is -0.0580. The van der Waals surface area contributed by atoms with Crippen LogP contribution in [-0.2, 0) is 11.4 Å². The largest absolute Gasteiger partial charge is 0.487 e. The lowest BCUT2D eigenvalue weighted by Crippen LogP contribution is -2.20. The van der Waals surface area contributed by atoms with Gasteiger partial charge in [0.05, 0.1) is 17.0 Å². The van der Waals surface area contributed by atoms with Crippen LogP contribution in [0.1, 0.15) is 21.5 Å².